The summed E-state index contributed by atoms with van der Waals surface area (Å²) in [5, 5.41) is 14.9. The second kappa shape index (κ2) is 16.4. The van der Waals surface area contributed by atoms with Gasteiger partial charge in [0.1, 0.15) is 18.3 Å². The molecule has 0 saturated carbocycles. The van der Waals surface area contributed by atoms with E-state index in [2.05, 4.69) is 5.32 Å². The number of aryl methyl sites for hydroxylation is 2. The maximum Gasteiger partial charge on any atom is 0.273 e. The summed E-state index contributed by atoms with van der Waals surface area (Å²) in [4.78, 5) is 40.6. The molecule has 1 atom stereocenters. The highest BCUT2D eigenvalue weighted by molar-refractivity contribution is 7.92. The summed E-state index contributed by atoms with van der Waals surface area (Å²) in [6.07, 6.45) is 0.824. The standard InChI is InChI=1S/C36H39ClN4O7S/c1-5-19-38-36(43)33(20-27-12-7-6-8-13-27)39(23-28-14-10-9-11-25(28)2)35(42)24-40(32-21-29(37)16-18-34(32)48-4)49(46,47)30-17-15-26(3)31(22-30)41(44)45/h6-18,21-22,33H,5,19-20,23-24H2,1-4H3,(H,38,43)/t33-/m1/s1. The van der Waals surface area contributed by atoms with Crippen LogP contribution in [0, 0.1) is 24.0 Å². The molecular weight excluding hydrogens is 668 g/mol. The molecule has 4 aromatic rings. The molecule has 49 heavy (non-hydrogen) atoms. The van der Waals surface area contributed by atoms with E-state index in [1.54, 1.807) is 0 Å². The highest BCUT2D eigenvalue weighted by Crippen LogP contribution is 2.36. The van der Waals surface area contributed by atoms with E-state index in [0.717, 1.165) is 27.1 Å². The van der Waals surface area contributed by atoms with Crippen LogP contribution < -0.4 is 14.4 Å². The number of benzene rings is 4. The number of hydrogen-bond acceptors (Lipinski definition) is 7. The number of carbonyl (C=O) groups excluding carboxylic acids is 2. The first-order valence-electron chi connectivity index (χ1n) is 15.6. The quantitative estimate of drug-likeness (QED) is 0.114. The van der Waals surface area contributed by atoms with Crippen molar-refractivity contribution < 1.29 is 27.7 Å². The molecule has 0 bridgehead atoms. The molecule has 0 spiro atoms. The van der Waals surface area contributed by atoms with Crippen LogP contribution in [0.15, 0.2) is 95.9 Å². The van der Waals surface area contributed by atoms with E-state index in [0.29, 0.717) is 13.0 Å². The van der Waals surface area contributed by atoms with Crippen LogP contribution in [0.2, 0.25) is 5.02 Å². The lowest BCUT2D eigenvalue weighted by Gasteiger charge is -2.34. The zero-order valence-corrected chi connectivity index (χ0v) is 29.3. The van der Waals surface area contributed by atoms with Gasteiger partial charge in [-0.15, -0.1) is 0 Å². The Balaban J connectivity index is 1.89. The summed E-state index contributed by atoms with van der Waals surface area (Å²) >= 11 is 6.34. The van der Waals surface area contributed by atoms with Crippen LogP contribution in [0.25, 0.3) is 0 Å². The van der Waals surface area contributed by atoms with E-state index < -0.39 is 49.9 Å². The maximum atomic E-state index is 14.7. The van der Waals surface area contributed by atoms with Gasteiger partial charge in [-0.25, -0.2) is 8.42 Å². The Morgan fingerprint density at radius 2 is 1.65 bits per heavy atom. The highest BCUT2D eigenvalue weighted by atomic mass is 35.5. The minimum atomic E-state index is -4.66. The SMILES string of the molecule is CCCNC(=O)[C@@H](Cc1ccccc1)N(Cc1ccccc1C)C(=O)CN(c1cc(Cl)ccc1OC)S(=O)(=O)c1ccc(C)c([N+](=O)[O-])c1. The lowest BCUT2D eigenvalue weighted by molar-refractivity contribution is -0.385. The Labute approximate surface area is 291 Å². The van der Waals surface area contributed by atoms with Gasteiger partial charge >= 0.3 is 0 Å². The minimum absolute atomic E-state index is 0.000869. The molecule has 0 aliphatic carbocycles. The molecule has 11 nitrogen and oxygen atoms in total. The van der Waals surface area contributed by atoms with Crippen LogP contribution in [0.4, 0.5) is 11.4 Å². The molecule has 258 valence electrons. The molecule has 0 heterocycles. The van der Waals surface area contributed by atoms with Crippen LogP contribution in [0.5, 0.6) is 5.75 Å². The first kappa shape index (κ1) is 36.9. The molecule has 0 unspecified atom stereocenters. The average Bonchev–Trinajstić information content (AvgIpc) is 3.08. The Morgan fingerprint density at radius 3 is 2.31 bits per heavy atom. The van der Waals surface area contributed by atoms with Gasteiger partial charge in [-0.2, -0.15) is 0 Å². The van der Waals surface area contributed by atoms with Crippen molar-refractivity contribution >= 4 is 44.8 Å². The number of nitro groups is 1. The average molecular weight is 707 g/mol. The zero-order chi connectivity index (χ0) is 35.7. The number of sulfonamides is 1. The first-order chi connectivity index (χ1) is 23.4. The number of amides is 2. The van der Waals surface area contributed by atoms with E-state index in [-0.39, 0.29) is 35.0 Å². The molecule has 4 rings (SSSR count). The maximum absolute atomic E-state index is 14.7. The van der Waals surface area contributed by atoms with Crippen molar-refractivity contribution in [2.45, 2.75) is 51.1 Å². The number of ether oxygens (including phenoxy) is 1. The molecule has 0 aliphatic rings. The minimum Gasteiger partial charge on any atom is -0.495 e. The molecule has 0 radical (unpaired) electrons. The number of nitro benzene ring substituents is 1. The zero-order valence-electron chi connectivity index (χ0n) is 27.8. The third-order valence-electron chi connectivity index (χ3n) is 8.08. The molecule has 0 saturated heterocycles. The smallest absolute Gasteiger partial charge is 0.273 e. The van der Waals surface area contributed by atoms with Crippen molar-refractivity contribution in [1.82, 2.24) is 10.2 Å². The molecule has 0 aromatic heterocycles. The fourth-order valence-corrected chi connectivity index (χ4v) is 6.94. The van der Waals surface area contributed by atoms with Crippen LogP contribution in [0.3, 0.4) is 0 Å². The van der Waals surface area contributed by atoms with Crippen molar-refractivity contribution in [2.75, 3.05) is 24.5 Å². The third kappa shape index (κ3) is 8.95. The molecule has 0 fully saturated rings. The number of halogens is 1. The molecule has 2 amide bonds. The fourth-order valence-electron chi connectivity index (χ4n) is 5.34. The van der Waals surface area contributed by atoms with E-state index in [1.807, 2.05) is 68.4 Å². The monoisotopic (exact) mass is 706 g/mol. The predicted molar refractivity (Wildman–Crippen MR) is 189 cm³/mol. The Kier molecular flexibility index (Phi) is 12.4. The molecule has 13 heteroatoms. The molecular formula is C36H39ClN4O7S. The van der Waals surface area contributed by atoms with E-state index in [9.17, 15) is 28.1 Å². The van der Waals surface area contributed by atoms with E-state index >= 15 is 0 Å². The summed E-state index contributed by atoms with van der Waals surface area (Å²) < 4.78 is 35.2. The summed E-state index contributed by atoms with van der Waals surface area (Å²) in [6.45, 7) is 4.90. The Bertz CT molecular complexity index is 1920. The lowest BCUT2D eigenvalue weighted by Crippen LogP contribution is -2.53. The fraction of sp³-hybridized carbons (Fsp3) is 0.278. The summed E-state index contributed by atoms with van der Waals surface area (Å²) in [5.41, 5.74) is 2.24. The number of anilines is 1. The number of methoxy groups -OCH3 is 1. The van der Waals surface area contributed by atoms with Gasteiger partial charge in [-0.1, -0.05) is 79.2 Å². The topological polar surface area (TPSA) is 139 Å². The van der Waals surface area contributed by atoms with Crippen molar-refractivity contribution in [1.29, 1.82) is 0 Å². The van der Waals surface area contributed by atoms with Gasteiger partial charge in [0.15, 0.2) is 0 Å². The second-order valence-electron chi connectivity index (χ2n) is 11.5. The first-order valence-corrected chi connectivity index (χ1v) is 17.5. The van der Waals surface area contributed by atoms with Crippen molar-refractivity contribution in [3.8, 4) is 5.75 Å². The number of carbonyl (C=O) groups is 2. The van der Waals surface area contributed by atoms with Crippen LogP contribution in [-0.4, -0.2) is 56.3 Å². The van der Waals surface area contributed by atoms with Crippen LogP contribution in [-0.2, 0) is 32.6 Å². The largest absolute Gasteiger partial charge is 0.495 e. The van der Waals surface area contributed by atoms with Crippen molar-refractivity contribution in [3.63, 3.8) is 0 Å². The normalized spacial score (nSPS) is 11.8. The van der Waals surface area contributed by atoms with E-state index in [4.69, 9.17) is 16.3 Å². The van der Waals surface area contributed by atoms with Crippen molar-refractivity contribution in [2.24, 2.45) is 0 Å². The van der Waals surface area contributed by atoms with Gasteiger partial charge in [0.05, 0.1) is 22.6 Å². The predicted octanol–water partition coefficient (Wildman–Crippen LogP) is 6.24. The highest BCUT2D eigenvalue weighted by Gasteiger charge is 2.36. The lowest BCUT2D eigenvalue weighted by atomic mass is 10.0. The second-order valence-corrected chi connectivity index (χ2v) is 13.8. The summed E-state index contributed by atoms with van der Waals surface area (Å²) in [7, 11) is -3.32. The Hall–Kier alpha value is -4.94. The van der Waals surface area contributed by atoms with E-state index in [1.165, 1.54) is 49.3 Å². The third-order valence-corrected chi connectivity index (χ3v) is 10.1. The molecule has 4 aromatic carbocycles. The van der Waals surface area contributed by atoms with Gasteiger partial charge in [-0.3, -0.25) is 24.0 Å². The Morgan fingerprint density at radius 1 is 0.959 bits per heavy atom. The molecule has 0 aliphatic heterocycles. The number of nitrogens with one attached hydrogen (secondary N) is 1. The number of nitrogens with zero attached hydrogens (tertiary/aromatic N) is 3. The van der Waals surface area contributed by atoms with Crippen molar-refractivity contribution in [3.05, 3.63) is 128 Å². The molecule has 1 N–H and O–H groups in total. The number of hydrogen-bond donors (Lipinski definition) is 1. The van der Waals surface area contributed by atoms with Gasteiger partial charge in [0.2, 0.25) is 11.8 Å². The summed E-state index contributed by atoms with van der Waals surface area (Å²) in [5.74, 6) is -0.992. The van der Waals surface area contributed by atoms with Crippen LogP contribution >= 0.6 is 11.6 Å². The van der Waals surface area contributed by atoms with Crippen LogP contribution in [0.1, 0.15) is 35.6 Å². The van der Waals surface area contributed by atoms with Gasteiger partial charge in [-0.05, 0) is 61.2 Å². The summed E-state index contributed by atoms with van der Waals surface area (Å²) in [6, 6.07) is 23.5. The number of rotatable bonds is 15. The van der Waals surface area contributed by atoms with Gasteiger partial charge < -0.3 is 15.0 Å². The van der Waals surface area contributed by atoms with Gasteiger partial charge in [0.25, 0.3) is 15.7 Å². The van der Waals surface area contributed by atoms with Gasteiger partial charge in [0, 0.05) is 36.2 Å².